The number of non-ortho nitro benzene ring substituents is 1. The number of aromatic nitrogens is 2. The predicted molar refractivity (Wildman–Crippen MR) is 118 cm³/mol. The minimum atomic E-state index is -0.469. The number of nitrogens with zero attached hydrogens (tertiary/aromatic N) is 4. The van der Waals surface area contributed by atoms with Crippen LogP contribution in [0.5, 0.6) is 0 Å². The second-order valence-corrected chi connectivity index (χ2v) is 7.79. The van der Waals surface area contributed by atoms with E-state index < -0.39 is 4.92 Å². The highest BCUT2D eigenvalue weighted by atomic mass is 16.6. The fourth-order valence-corrected chi connectivity index (χ4v) is 4.12. The smallest absolute Gasteiger partial charge is 0.269 e. The number of benzene rings is 2. The second kappa shape index (κ2) is 8.62. The molecule has 0 saturated heterocycles. The van der Waals surface area contributed by atoms with Crippen LogP contribution in [0.4, 0.5) is 11.5 Å². The Balaban J connectivity index is 1.57. The number of nitrogens with one attached hydrogen (secondary N) is 1. The van der Waals surface area contributed by atoms with Gasteiger partial charge in [-0.2, -0.15) is 5.10 Å². The van der Waals surface area contributed by atoms with Gasteiger partial charge in [-0.25, -0.2) is 4.68 Å². The van der Waals surface area contributed by atoms with Crippen LogP contribution < -0.4 is 5.32 Å². The number of nitro groups is 1. The topological polar surface area (TPSA) is 110 Å². The Labute approximate surface area is 184 Å². The van der Waals surface area contributed by atoms with Crippen molar-refractivity contribution in [2.24, 2.45) is 0 Å². The first-order valence-corrected chi connectivity index (χ1v) is 10.3. The highest BCUT2D eigenvalue weighted by Crippen LogP contribution is 2.32. The summed E-state index contributed by atoms with van der Waals surface area (Å²) in [6.07, 6.45) is 0.876. The summed E-state index contributed by atoms with van der Waals surface area (Å²) in [4.78, 5) is 37.4. The Bertz CT molecular complexity index is 1190. The lowest BCUT2D eigenvalue weighted by atomic mass is 9.90. The number of carbonyl (C=O) groups excluding carboxylic acids is 2. The third kappa shape index (κ3) is 4.22. The van der Waals surface area contributed by atoms with Gasteiger partial charge in [0.05, 0.1) is 28.8 Å². The zero-order valence-electron chi connectivity index (χ0n) is 17.8. The fraction of sp³-hybridized carbons (Fsp3) is 0.261. The Kier molecular flexibility index (Phi) is 5.72. The summed E-state index contributed by atoms with van der Waals surface area (Å²) in [5, 5.41) is 18.2. The van der Waals surface area contributed by atoms with E-state index in [1.807, 2.05) is 24.3 Å². The van der Waals surface area contributed by atoms with Gasteiger partial charge in [-0.1, -0.05) is 24.3 Å². The summed E-state index contributed by atoms with van der Waals surface area (Å²) in [5.74, 6) is 0.143. The van der Waals surface area contributed by atoms with Gasteiger partial charge in [-0.15, -0.1) is 0 Å². The monoisotopic (exact) mass is 433 g/mol. The van der Waals surface area contributed by atoms with Crippen LogP contribution in [0.3, 0.4) is 0 Å². The number of anilines is 1. The quantitative estimate of drug-likeness (QED) is 0.489. The molecular weight excluding hydrogens is 410 g/mol. The SMILES string of the molecule is CC(=O)N1CCc2ccccc2C1CC(=O)Nc1cc(C)nn1-c1ccc([N+](=O)[O-])cc1. The van der Waals surface area contributed by atoms with Gasteiger partial charge in [-0.3, -0.25) is 19.7 Å². The fourth-order valence-electron chi connectivity index (χ4n) is 4.12. The minimum absolute atomic E-state index is 0.0245. The number of aryl methyl sites for hydroxylation is 1. The normalized spacial score (nSPS) is 15.2. The van der Waals surface area contributed by atoms with E-state index in [1.54, 1.807) is 30.0 Å². The van der Waals surface area contributed by atoms with Gasteiger partial charge in [0.2, 0.25) is 11.8 Å². The van der Waals surface area contributed by atoms with Crippen molar-refractivity contribution in [3.63, 3.8) is 0 Å². The lowest BCUT2D eigenvalue weighted by Gasteiger charge is -2.36. The summed E-state index contributed by atoms with van der Waals surface area (Å²) in [5.41, 5.74) is 3.39. The maximum Gasteiger partial charge on any atom is 0.269 e. The molecule has 1 aromatic heterocycles. The highest BCUT2D eigenvalue weighted by Gasteiger charge is 2.30. The number of amides is 2. The molecule has 9 heteroatoms. The molecule has 1 atom stereocenters. The molecule has 2 aromatic carbocycles. The molecule has 2 amide bonds. The molecule has 0 spiro atoms. The largest absolute Gasteiger partial charge is 0.335 e. The van der Waals surface area contributed by atoms with Crippen LogP contribution in [0, 0.1) is 17.0 Å². The number of hydrogen-bond donors (Lipinski definition) is 1. The van der Waals surface area contributed by atoms with Gasteiger partial charge in [0.25, 0.3) is 5.69 Å². The molecule has 2 heterocycles. The first-order chi connectivity index (χ1) is 15.3. The van der Waals surface area contributed by atoms with Crippen LogP contribution in [-0.4, -0.2) is 38.0 Å². The number of fused-ring (bicyclic) bond motifs is 1. The van der Waals surface area contributed by atoms with Crippen molar-refractivity contribution in [3.8, 4) is 5.69 Å². The average molecular weight is 433 g/mol. The molecule has 1 aliphatic heterocycles. The Morgan fingerprint density at radius 2 is 1.91 bits per heavy atom. The van der Waals surface area contributed by atoms with Crippen molar-refractivity contribution < 1.29 is 14.5 Å². The first-order valence-electron chi connectivity index (χ1n) is 10.3. The molecule has 0 radical (unpaired) electrons. The summed E-state index contributed by atoms with van der Waals surface area (Å²) >= 11 is 0. The van der Waals surface area contributed by atoms with E-state index in [2.05, 4.69) is 10.4 Å². The summed E-state index contributed by atoms with van der Waals surface area (Å²) in [6, 6.07) is 15.2. The van der Waals surface area contributed by atoms with Crippen molar-refractivity contribution in [2.45, 2.75) is 32.7 Å². The third-order valence-corrected chi connectivity index (χ3v) is 5.60. The Morgan fingerprint density at radius 1 is 1.19 bits per heavy atom. The Morgan fingerprint density at radius 3 is 2.59 bits per heavy atom. The van der Waals surface area contributed by atoms with Crippen molar-refractivity contribution in [2.75, 3.05) is 11.9 Å². The van der Waals surface area contributed by atoms with Gasteiger partial charge in [0.15, 0.2) is 0 Å². The van der Waals surface area contributed by atoms with Crippen molar-refractivity contribution in [1.29, 1.82) is 0 Å². The van der Waals surface area contributed by atoms with Crippen LogP contribution >= 0.6 is 0 Å². The zero-order valence-corrected chi connectivity index (χ0v) is 17.8. The van der Waals surface area contributed by atoms with Crippen LogP contribution in [0.15, 0.2) is 54.6 Å². The average Bonchev–Trinajstić information content (AvgIpc) is 3.13. The van der Waals surface area contributed by atoms with Gasteiger partial charge < -0.3 is 10.2 Å². The van der Waals surface area contributed by atoms with Gasteiger partial charge in [-0.05, 0) is 36.6 Å². The van der Waals surface area contributed by atoms with Crippen LogP contribution in [0.2, 0.25) is 0 Å². The van der Waals surface area contributed by atoms with Gasteiger partial charge in [0.1, 0.15) is 5.82 Å². The van der Waals surface area contributed by atoms with Crippen LogP contribution in [-0.2, 0) is 16.0 Å². The maximum absolute atomic E-state index is 13.0. The van der Waals surface area contributed by atoms with E-state index in [0.29, 0.717) is 23.7 Å². The predicted octanol–water partition coefficient (Wildman–Crippen LogP) is 3.56. The number of nitro benzene ring substituents is 1. The van der Waals surface area contributed by atoms with E-state index in [9.17, 15) is 19.7 Å². The molecule has 1 N–H and O–H groups in total. The van der Waals surface area contributed by atoms with Crippen LogP contribution in [0.25, 0.3) is 5.69 Å². The molecule has 0 aliphatic carbocycles. The molecule has 0 fully saturated rings. The first kappa shape index (κ1) is 21.2. The maximum atomic E-state index is 13.0. The molecule has 0 bridgehead atoms. The van der Waals surface area contributed by atoms with E-state index in [-0.39, 0.29) is 30.0 Å². The van der Waals surface area contributed by atoms with E-state index in [0.717, 1.165) is 17.5 Å². The molecule has 0 saturated carbocycles. The lowest BCUT2D eigenvalue weighted by molar-refractivity contribution is -0.384. The van der Waals surface area contributed by atoms with Gasteiger partial charge in [0, 0.05) is 31.7 Å². The number of rotatable bonds is 5. The van der Waals surface area contributed by atoms with Crippen LogP contribution in [0.1, 0.15) is 36.2 Å². The molecule has 1 aliphatic rings. The van der Waals surface area contributed by atoms with Crippen molar-refractivity contribution >= 4 is 23.3 Å². The summed E-state index contributed by atoms with van der Waals surface area (Å²) < 4.78 is 1.54. The van der Waals surface area contributed by atoms with E-state index in [1.165, 1.54) is 23.7 Å². The number of carbonyl (C=O) groups is 2. The van der Waals surface area contributed by atoms with Gasteiger partial charge >= 0.3 is 0 Å². The summed E-state index contributed by atoms with van der Waals surface area (Å²) in [6.45, 7) is 3.89. The molecular formula is C23H23N5O4. The highest BCUT2D eigenvalue weighted by molar-refractivity contribution is 5.91. The molecule has 164 valence electrons. The third-order valence-electron chi connectivity index (χ3n) is 5.60. The molecule has 4 rings (SSSR count). The van der Waals surface area contributed by atoms with E-state index >= 15 is 0 Å². The van der Waals surface area contributed by atoms with Crippen molar-refractivity contribution in [1.82, 2.24) is 14.7 Å². The summed E-state index contributed by atoms with van der Waals surface area (Å²) in [7, 11) is 0. The second-order valence-electron chi connectivity index (χ2n) is 7.79. The zero-order chi connectivity index (χ0) is 22.8. The Hall–Kier alpha value is -4.01. The number of hydrogen-bond acceptors (Lipinski definition) is 5. The molecule has 1 unspecified atom stereocenters. The standard InChI is InChI=1S/C23H23N5O4/c1-15-13-22(27(25-15)18-7-9-19(10-8-18)28(31)32)24-23(30)14-21-20-6-4-3-5-17(20)11-12-26(21)16(2)29/h3-10,13,21H,11-12,14H2,1-2H3,(H,24,30). The molecule has 3 aromatic rings. The van der Waals surface area contributed by atoms with Crippen molar-refractivity contribution in [3.05, 3.63) is 81.5 Å². The molecule has 32 heavy (non-hydrogen) atoms. The lowest BCUT2D eigenvalue weighted by Crippen LogP contribution is -2.40. The van der Waals surface area contributed by atoms with E-state index in [4.69, 9.17) is 0 Å². The molecule has 9 nitrogen and oxygen atoms in total. The minimum Gasteiger partial charge on any atom is -0.335 e.